The van der Waals surface area contributed by atoms with Crippen molar-refractivity contribution in [1.82, 2.24) is 10.3 Å². The van der Waals surface area contributed by atoms with E-state index in [0.717, 1.165) is 10.9 Å². The molecule has 0 aliphatic carbocycles. The fraction of sp³-hybridized carbons (Fsp3) is 0.0909. The molecule has 6 nitrogen and oxygen atoms in total. The largest absolute Gasteiger partial charge is 0.434 e. The highest BCUT2D eigenvalue weighted by Crippen LogP contribution is 2.33. The Morgan fingerprint density at radius 3 is 3.06 bits per heavy atom. The summed E-state index contributed by atoms with van der Waals surface area (Å²) >= 11 is 0. The predicted molar refractivity (Wildman–Crippen MR) is 59.2 cm³/mol. The highest BCUT2D eigenvalue weighted by molar-refractivity contribution is 6.07. The smallest absolute Gasteiger partial charge is 0.341 e. The van der Waals surface area contributed by atoms with E-state index in [2.05, 4.69) is 10.3 Å². The fourth-order valence-electron chi connectivity index (χ4n) is 2.06. The van der Waals surface area contributed by atoms with E-state index in [1.165, 1.54) is 0 Å². The number of benzene rings is 1. The van der Waals surface area contributed by atoms with Gasteiger partial charge in [0.2, 0.25) is 6.23 Å². The minimum absolute atomic E-state index is 0.471. The van der Waals surface area contributed by atoms with Gasteiger partial charge in [-0.15, -0.1) is 0 Å². The SMILES string of the molecule is NC(=O)N[C@@H]1OC(=O)c2cccc3[nH]cc1c23. The first-order valence-corrected chi connectivity index (χ1v) is 5.04. The number of cyclic esters (lactones) is 1. The number of urea groups is 1. The Balaban J connectivity index is 2.21. The van der Waals surface area contributed by atoms with Gasteiger partial charge in [-0.1, -0.05) is 6.07 Å². The molecule has 2 aromatic rings. The summed E-state index contributed by atoms with van der Waals surface area (Å²) < 4.78 is 5.10. The monoisotopic (exact) mass is 231 g/mol. The number of hydrogen-bond donors (Lipinski definition) is 3. The highest BCUT2D eigenvalue weighted by Gasteiger charge is 2.30. The van der Waals surface area contributed by atoms with Crippen LogP contribution in [0.5, 0.6) is 0 Å². The van der Waals surface area contributed by atoms with Crippen LogP contribution in [0.15, 0.2) is 24.4 Å². The van der Waals surface area contributed by atoms with Crippen molar-refractivity contribution < 1.29 is 14.3 Å². The van der Waals surface area contributed by atoms with Crippen LogP contribution in [0.3, 0.4) is 0 Å². The molecule has 0 saturated carbocycles. The Hall–Kier alpha value is -2.50. The Kier molecular flexibility index (Phi) is 1.85. The first kappa shape index (κ1) is 9.71. The number of nitrogens with one attached hydrogen (secondary N) is 2. The van der Waals surface area contributed by atoms with Crippen LogP contribution in [-0.4, -0.2) is 17.0 Å². The van der Waals surface area contributed by atoms with Crippen molar-refractivity contribution in [2.75, 3.05) is 0 Å². The highest BCUT2D eigenvalue weighted by atomic mass is 16.6. The van der Waals surface area contributed by atoms with Crippen LogP contribution < -0.4 is 11.1 Å². The lowest BCUT2D eigenvalue weighted by molar-refractivity contribution is 0.0231. The topological polar surface area (TPSA) is 97.2 Å². The lowest BCUT2D eigenvalue weighted by Gasteiger charge is -2.22. The van der Waals surface area contributed by atoms with Crippen LogP contribution in [0.4, 0.5) is 4.79 Å². The molecular formula is C11H9N3O3. The van der Waals surface area contributed by atoms with E-state index >= 15 is 0 Å². The van der Waals surface area contributed by atoms with Crippen molar-refractivity contribution in [3.05, 3.63) is 35.5 Å². The van der Waals surface area contributed by atoms with Crippen LogP contribution in [-0.2, 0) is 4.74 Å². The summed E-state index contributed by atoms with van der Waals surface area (Å²) in [6, 6.07) is 4.56. The molecule has 86 valence electrons. The molecule has 3 rings (SSSR count). The molecule has 1 atom stereocenters. The average Bonchev–Trinajstić information content (AvgIpc) is 2.69. The maximum Gasteiger partial charge on any atom is 0.341 e. The van der Waals surface area contributed by atoms with Gasteiger partial charge in [0.1, 0.15) is 0 Å². The van der Waals surface area contributed by atoms with Gasteiger partial charge >= 0.3 is 12.0 Å². The van der Waals surface area contributed by atoms with Gasteiger partial charge in [-0.25, -0.2) is 9.59 Å². The zero-order chi connectivity index (χ0) is 12.0. The number of esters is 1. The number of carbonyl (C=O) groups is 2. The third-order valence-electron chi connectivity index (χ3n) is 2.74. The van der Waals surface area contributed by atoms with Crippen LogP contribution in [0.1, 0.15) is 22.1 Å². The van der Waals surface area contributed by atoms with Gasteiger partial charge in [0, 0.05) is 22.7 Å². The standard InChI is InChI=1S/C11H9N3O3/c12-11(16)14-9-6-4-13-7-3-1-2-5(8(6)7)10(15)17-9/h1-4,9,13H,(H3,12,14,16)/t9-/m1/s1. The molecule has 17 heavy (non-hydrogen) atoms. The summed E-state index contributed by atoms with van der Waals surface area (Å²) in [7, 11) is 0. The van der Waals surface area contributed by atoms with Crippen molar-refractivity contribution in [2.45, 2.75) is 6.23 Å². The number of H-pyrrole nitrogens is 1. The summed E-state index contributed by atoms with van der Waals surface area (Å²) in [6.07, 6.45) is 0.866. The number of primary amides is 1. The molecule has 1 aromatic carbocycles. The number of carbonyl (C=O) groups excluding carboxylic acids is 2. The Morgan fingerprint density at radius 1 is 1.47 bits per heavy atom. The van der Waals surface area contributed by atoms with Gasteiger partial charge in [-0.2, -0.15) is 0 Å². The van der Waals surface area contributed by atoms with Crippen molar-refractivity contribution in [1.29, 1.82) is 0 Å². The minimum atomic E-state index is -0.830. The molecule has 0 spiro atoms. The molecular weight excluding hydrogens is 222 g/mol. The van der Waals surface area contributed by atoms with E-state index in [1.807, 2.05) is 6.07 Å². The van der Waals surface area contributed by atoms with Crippen molar-refractivity contribution >= 4 is 22.9 Å². The summed E-state index contributed by atoms with van der Waals surface area (Å²) in [5.74, 6) is -0.471. The lowest BCUT2D eigenvalue weighted by Crippen LogP contribution is -2.37. The van der Waals surface area contributed by atoms with Gasteiger partial charge in [0.25, 0.3) is 0 Å². The number of rotatable bonds is 1. The average molecular weight is 231 g/mol. The molecule has 0 saturated heterocycles. The quantitative estimate of drug-likeness (QED) is 0.639. The summed E-state index contributed by atoms with van der Waals surface area (Å²) in [4.78, 5) is 25.6. The second-order valence-corrected chi connectivity index (χ2v) is 3.77. The molecule has 0 fully saturated rings. The molecule has 1 aromatic heterocycles. The number of nitrogens with two attached hydrogens (primary N) is 1. The second-order valence-electron chi connectivity index (χ2n) is 3.77. The number of aromatic amines is 1. The summed E-state index contributed by atoms with van der Waals surface area (Å²) in [5.41, 5.74) is 7.05. The van der Waals surface area contributed by atoms with E-state index in [0.29, 0.717) is 11.1 Å². The Morgan fingerprint density at radius 2 is 2.29 bits per heavy atom. The zero-order valence-corrected chi connectivity index (χ0v) is 8.69. The molecule has 1 aliphatic rings. The Bertz CT molecular complexity index is 632. The second kappa shape index (κ2) is 3.24. The van der Waals surface area contributed by atoms with Gasteiger partial charge in [0.05, 0.1) is 5.56 Å². The normalized spacial score (nSPS) is 17.9. The minimum Gasteiger partial charge on any atom is -0.434 e. The maximum absolute atomic E-state index is 11.7. The molecule has 1 aliphatic heterocycles. The van der Waals surface area contributed by atoms with Crippen LogP contribution >= 0.6 is 0 Å². The van der Waals surface area contributed by atoms with Crippen molar-refractivity contribution in [3.8, 4) is 0 Å². The molecule has 2 amide bonds. The van der Waals surface area contributed by atoms with Gasteiger partial charge in [0.15, 0.2) is 0 Å². The van der Waals surface area contributed by atoms with Crippen molar-refractivity contribution in [2.24, 2.45) is 5.73 Å². The fourth-order valence-corrected chi connectivity index (χ4v) is 2.06. The van der Waals surface area contributed by atoms with Crippen LogP contribution in [0, 0.1) is 0 Å². The summed E-state index contributed by atoms with van der Waals surface area (Å²) in [5, 5.41) is 3.14. The molecule has 4 N–H and O–H groups in total. The van der Waals surface area contributed by atoms with E-state index < -0.39 is 18.2 Å². The van der Waals surface area contributed by atoms with E-state index in [-0.39, 0.29) is 0 Å². The third kappa shape index (κ3) is 1.34. The number of hydrogen-bond acceptors (Lipinski definition) is 3. The summed E-state index contributed by atoms with van der Waals surface area (Å²) in [6.45, 7) is 0. The van der Waals surface area contributed by atoms with Crippen LogP contribution in [0.2, 0.25) is 0 Å². The molecule has 0 bridgehead atoms. The third-order valence-corrected chi connectivity index (χ3v) is 2.74. The van der Waals surface area contributed by atoms with E-state index in [9.17, 15) is 9.59 Å². The van der Waals surface area contributed by atoms with Gasteiger partial charge < -0.3 is 15.5 Å². The molecule has 6 heteroatoms. The van der Waals surface area contributed by atoms with E-state index in [1.54, 1.807) is 18.3 Å². The number of ether oxygens (including phenoxy) is 1. The lowest BCUT2D eigenvalue weighted by atomic mass is 10.0. The predicted octanol–water partition coefficient (Wildman–Crippen LogP) is 1.01. The first-order valence-electron chi connectivity index (χ1n) is 5.04. The maximum atomic E-state index is 11.7. The molecule has 0 unspecified atom stereocenters. The van der Waals surface area contributed by atoms with Gasteiger partial charge in [-0.3, -0.25) is 5.32 Å². The van der Waals surface area contributed by atoms with E-state index in [4.69, 9.17) is 10.5 Å². The first-order chi connectivity index (χ1) is 8.16. The van der Waals surface area contributed by atoms with Crippen LogP contribution in [0.25, 0.3) is 10.9 Å². The number of aromatic nitrogens is 1. The zero-order valence-electron chi connectivity index (χ0n) is 8.69. The molecule has 2 heterocycles. The van der Waals surface area contributed by atoms with Crippen molar-refractivity contribution in [3.63, 3.8) is 0 Å². The Labute approximate surface area is 95.7 Å². The van der Waals surface area contributed by atoms with Gasteiger partial charge in [-0.05, 0) is 12.1 Å². The number of amides is 2. The molecule has 0 radical (unpaired) electrons.